The summed E-state index contributed by atoms with van der Waals surface area (Å²) in [6, 6.07) is 9.22. The Morgan fingerprint density at radius 3 is 2.68 bits per heavy atom. The van der Waals surface area contributed by atoms with Crippen molar-refractivity contribution >= 4 is 17.3 Å². The molecule has 0 aliphatic carbocycles. The van der Waals surface area contributed by atoms with Crippen LogP contribution in [0.4, 0.5) is 0 Å². The Kier molecular flexibility index (Phi) is 5.95. The van der Waals surface area contributed by atoms with E-state index < -0.39 is 12.1 Å². The van der Waals surface area contributed by atoms with E-state index in [9.17, 15) is 9.90 Å². The maximum atomic E-state index is 11.0. The Labute approximate surface area is 169 Å². The summed E-state index contributed by atoms with van der Waals surface area (Å²) >= 11 is 1.65. The van der Waals surface area contributed by atoms with Crippen LogP contribution >= 0.6 is 11.3 Å². The molecular formula is C23H26O4S. The molecule has 0 spiro atoms. The second-order valence-electron chi connectivity index (χ2n) is 7.86. The molecule has 2 bridgehead atoms. The van der Waals surface area contributed by atoms with Crippen LogP contribution in [0.15, 0.2) is 53.2 Å². The number of rotatable bonds is 8. The Balaban J connectivity index is 1.36. The molecule has 2 saturated heterocycles. The minimum absolute atomic E-state index is 0.272. The van der Waals surface area contributed by atoms with Crippen molar-refractivity contribution in [1.29, 1.82) is 0 Å². The molecule has 2 aliphatic heterocycles. The first-order chi connectivity index (χ1) is 13.6. The number of aromatic carboxylic acids is 1. The number of aliphatic hydroxyl groups is 1. The Hall–Kier alpha value is -1.95. The van der Waals surface area contributed by atoms with Crippen molar-refractivity contribution < 1.29 is 19.7 Å². The average Bonchev–Trinajstić information content (AvgIpc) is 3.43. The smallest absolute Gasteiger partial charge is 0.335 e. The molecule has 2 fully saturated rings. The van der Waals surface area contributed by atoms with E-state index >= 15 is 0 Å². The molecule has 4 nitrogen and oxygen atoms in total. The standard InChI is InChI=1S/C23H26O4S/c24-18(13-16-11-12-28-14-16)6-8-20-19(21-9-10-22(20)27-21)7-3-15-1-4-17(5-2-15)23(25)26/h1-2,4-6,8,11-12,14,18-22,24H,3,7,9-10,13H2,(H,25,26)/b8-6+/t18?,19-,20-,21+,22-/m0/s1. The number of hydrogen-bond donors (Lipinski definition) is 2. The Morgan fingerprint density at radius 1 is 1.18 bits per heavy atom. The number of hydrogen-bond acceptors (Lipinski definition) is 4. The molecular weight excluding hydrogens is 372 g/mol. The van der Waals surface area contributed by atoms with Gasteiger partial charge in [0.05, 0.1) is 23.9 Å². The van der Waals surface area contributed by atoms with Gasteiger partial charge in [-0.15, -0.1) is 0 Å². The first-order valence-electron chi connectivity index (χ1n) is 9.95. The van der Waals surface area contributed by atoms with E-state index in [0.29, 0.717) is 29.9 Å². The van der Waals surface area contributed by atoms with Crippen molar-refractivity contribution in [1.82, 2.24) is 0 Å². The Bertz CT molecular complexity index is 812. The monoisotopic (exact) mass is 398 g/mol. The number of carbonyl (C=O) groups is 1. The third kappa shape index (κ3) is 4.37. The number of aryl methyl sites for hydroxylation is 1. The molecule has 5 atom stereocenters. The van der Waals surface area contributed by atoms with E-state index in [2.05, 4.69) is 17.5 Å². The quantitative estimate of drug-likeness (QED) is 0.650. The van der Waals surface area contributed by atoms with Crippen LogP contribution in [0.25, 0.3) is 0 Å². The lowest BCUT2D eigenvalue weighted by molar-refractivity contribution is 0.0697. The van der Waals surface area contributed by atoms with Crippen molar-refractivity contribution in [2.75, 3.05) is 0 Å². The lowest BCUT2D eigenvalue weighted by atomic mass is 9.76. The highest BCUT2D eigenvalue weighted by Crippen LogP contribution is 2.46. The molecule has 5 heteroatoms. The minimum Gasteiger partial charge on any atom is -0.478 e. The van der Waals surface area contributed by atoms with E-state index in [4.69, 9.17) is 9.84 Å². The summed E-state index contributed by atoms with van der Waals surface area (Å²) in [6.07, 6.45) is 9.06. The number of aliphatic hydroxyl groups excluding tert-OH is 1. The van der Waals surface area contributed by atoms with Crippen LogP contribution in [0.3, 0.4) is 0 Å². The molecule has 0 radical (unpaired) electrons. The van der Waals surface area contributed by atoms with Gasteiger partial charge in [0.25, 0.3) is 0 Å². The molecule has 2 aromatic rings. The van der Waals surface area contributed by atoms with Crippen molar-refractivity contribution in [2.45, 2.75) is 50.4 Å². The van der Waals surface area contributed by atoms with Gasteiger partial charge in [-0.1, -0.05) is 24.3 Å². The third-order valence-corrected chi connectivity index (χ3v) is 6.77. The summed E-state index contributed by atoms with van der Waals surface area (Å²) in [7, 11) is 0. The summed E-state index contributed by atoms with van der Waals surface area (Å²) < 4.78 is 6.17. The van der Waals surface area contributed by atoms with Gasteiger partial charge in [0.1, 0.15) is 0 Å². The van der Waals surface area contributed by atoms with Gasteiger partial charge in [0.2, 0.25) is 0 Å². The van der Waals surface area contributed by atoms with Crippen molar-refractivity contribution in [3.05, 3.63) is 69.9 Å². The minimum atomic E-state index is -0.890. The van der Waals surface area contributed by atoms with Crippen LogP contribution in [0.5, 0.6) is 0 Å². The zero-order chi connectivity index (χ0) is 19.5. The third-order valence-electron chi connectivity index (χ3n) is 6.03. The first-order valence-corrected chi connectivity index (χ1v) is 10.9. The second kappa shape index (κ2) is 8.60. The predicted octanol–water partition coefficient (Wildman–Crippen LogP) is 4.33. The van der Waals surface area contributed by atoms with E-state index in [-0.39, 0.29) is 6.10 Å². The van der Waals surface area contributed by atoms with E-state index in [0.717, 1.165) is 31.2 Å². The number of ether oxygens (including phenoxy) is 1. The number of benzene rings is 1. The molecule has 4 rings (SSSR count). The summed E-state index contributed by atoms with van der Waals surface area (Å²) in [5.41, 5.74) is 2.66. The summed E-state index contributed by atoms with van der Waals surface area (Å²) in [6.45, 7) is 0. The van der Waals surface area contributed by atoms with E-state index in [1.165, 1.54) is 5.56 Å². The second-order valence-corrected chi connectivity index (χ2v) is 8.64. The lowest BCUT2D eigenvalue weighted by Gasteiger charge is -2.26. The molecule has 0 amide bonds. The fourth-order valence-electron chi connectivity index (χ4n) is 4.58. The fourth-order valence-corrected chi connectivity index (χ4v) is 5.26. The maximum Gasteiger partial charge on any atom is 0.335 e. The molecule has 1 aromatic carbocycles. The molecule has 148 valence electrons. The van der Waals surface area contributed by atoms with Crippen LogP contribution < -0.4 is 0 Å². The number of carboxylic acids is 1. The highest BCUT2D eigenvalue weighted by atomic mass is 32.1. The van der Waals surface area contributed by atoms with Gasteiger partial charge >= 0.3 is 5.97 Å². The van der Waals surface area contributed by atoms with Gasteiger partial charge in [-0.2, -0.15) is 11.3 Å². The van der Waals surface area contributed by atoms with Crippen LogP contribution in [-0.2, 0) is 17.6 Å². The normalized spacial score (nSPS) is 27.5. The first kappa shape index (κ1) is 19.4. The molecule has 2 aliphatic rings. The highest BCUT2D eigenvalue weighted by molar-refractivity contribution is 7.07. The number of carboxylic acid groups (broad SMARTS) is 1. The average molecular weight is 399 g/mol. The van der Waals surface area contributed by atoms with Crippen molar-refractivity contribution in [3.8, 4) is 0 Å². The van der Waals surface area contributed by atoms with Crippen molar-refractivity contribution in [2.24, 2.45) is 11.8 Å². The fraction of sp³-hybridized carbons (Fsp3) is 0.435. The topological polar surface area (TPSA) is 66.8 Å². The maximum absolute atomic E-state index is 11.0. The summed E-state index contributed by atoms with van der Waals surface area (Å²) in [5, 5.41) is 23.5. The lowest BCUT2D eigenvalue weighted by Crippen LogP contribution is -2.26. The van der Waals surface area contributed by atoms with Crippen LogP contribution in [0, 0.1) is 11.8 Å². The van der Waals surface area contributed by atoms with Gasteiger partial charge in [-0.3, -0.25) is 0 Å². The molecule has 1 aromatic heterocycles. The highest BCUT2D eigenvalue weighted by Gasteiger charge is 2.47. The zero-order valence-corrected chi connectivity index (χ0v) is 16.6. The Morgan fingerprint density at radius 2 is 1.96 bits per heavy atom. The van der Waals surface area contributed by atoms with Gasteiger partial charge in [-0.25, -0.2) is 4.79 Å². The van der Waals surface area contributed by atoms with Crippen LogP contribution in [0.1, 0.15) is 40.7 Å². The molecule has 1 unspecified atom stereocenters. The summed E-state index contributed by atoms with van der Waals surface area (Å²) in [4.78, 5) is 11.0. The van der Waals surface area contributed by atoms with Crippen LogP contribution in [0.2, 0.25) is 0 Å². The SMILES string of the molecule is O=C(O)c1ccc(CC[C@H]2[C@H](/C=C/C(O)Cc3ccsc3)[C@@H]3CC[C@H]2O3)cc1. The van der Waals surface area contributed by atoms with Gasteiger partial charge in [0, 0.05) is 12.3 Å². The molecule has 2 N–H and O–H groups in total. The predicted molar refractivity (Wildman–Crippen MR) is 110 cm³/mol. The molecule has 0 saturated carbocycles. The number of fused-ring (bicyclic) bond motifs is 2. The van der Waals surface area contributed by atoms with Crippen molar-refractivity contribution in [3.63, 3.8) is 0 Å². The number of thiophene rings is 1. The van der Waals surface area contributed by atoms with Gasteiger partial charge < -0.3 is 14.9 Å². The summed E-state index contributed by atoms with van der Waals surface area (Å²) in [5.74, 6) is -0.0732. The van der Waals surface area contributed by atoms with Crippen LogP contribution in [-0.4, -0.2) is 34.5 Å². The van der Waals surface area contributed by atoms with E-state index in [1.54, 1.807) is 23.5 Å². The largest absolute Gasteiger partial charge is 0.478 e. The zero-order valence-electron chi connectivity index (χ0n) is 15.7. The van der Waals surface area contributed by atoms with E-state index in [1.807, 2.05) is 23.6 Å². The van der Waals surface area contributed by atoms with Gasteiger partial charge in [-0.05, 0) is 71.7 Å². The molecule has 28 heavy (non-hydrogen) atoms. The van der Waals surface area contributed by atoms with Gasteiger partial charge in [0.15, 0.2) is 0 Å². The molecule has 3 heterocycles.